The normalized spacial score (nSPS) is 9.93. The average molecular weight is 185 g/mol. The van der Waals surface area contributed by atoms with Gasteiger partial charge in [0, 0.05) is 18.0 Å². The van der Waals surface area contributed by atoms with Crippen LogP contribution in [0.2, 0.25) is 0 Å². The summed E-state index contributed by atoms with van der Waals surface area (Å²) in [7, 11) is 0. The molecule has 1 nitrogen and oxygen atoms in total. The van der Waals surface area contributed by atoms with Crippen LogP contribution in [0, 0.1) is 0 Å². The minimum Gasteiger partial charge on any atom is -0.264 e. The summed E-state index contributed by atoms with van der Waals surface area (Å²) in [5.41, 5.74) is 6.68. The van der Waals surface area contributed by atoms with Gasteiger partial charge in [0.25, 0.3) is 0 Å². The van der Waals surface area contributed by atoms with E-state index in [1.807, 2.05) is 51.3 Å². The predicted molar refractivity (Wildman–Crippen MR) is 60.8 cm³/mol. The number of hydrogen-bond donors (Lipinski definition) is 0. The SMILES string of the molecule is C/C=C/C(C)=C=C(C)c1cccnc1. The van der Waals surface area contributed by atoms with Crippen molar-refractivity contribution in [3.63, 3.8) is 0 Å². The quantitative estimate of drug-likeness (QED) is 0.506. The van der Waals surface area contributed by atoms with Gasteiger partial charge in [0.15, 0.2) is 0 Å². The Hall–Kier alpha value is -1.59. The highest BCUT2D eigenvalue weighted by atomic mass is 14.6. The third-order valence-corrected chi connectivity index (χ3v) is 1.90. The van der Waals surface area contributed by atoms with E-state index < -0.39 is 0 Å². The van der Waals surface area contributed by atoms with Gasteiger partial charge in [-0.05, 0) is 38.0 Å². The van der Waals surface area contributed by atoms with Crippen LogP contribution in [0.15, 0.2) is 48.0 Å². The van der Waals surface area contributed by atoms with Crippen molar-refractivity contribution in [2.24, 2.45) is 0 Å². The van der Waals surface area contributed by atoms with Gasteiger partial charge >= 0.3 is 0 Å². The van der Waals surface area contributed by atoms with E-state index in [4.69, 9.17) is 0 Å². The molecule has 1 aromatic rings. The number of aromatic nitrogens is 1. The first-order valence-corrected chi connectivity index (χ1v) is 4.71. The molecule has 0 radical (unpaired) electrons. The van der Waals surface area contributed by atoms with Gasteiger partial charge in [0.1, 0.15) is 0 Å². The molecule has 0 unspecified atom stereocenters. The van der Waals surface area contributed by atoms with Crippen LogP contribution in [0.25, 0.3) is 5.57 Å². The van der Waals surface area contributed by atoms with Crippen LogP contribution in [0.1, 0.15) is 26.3 Å². The van der Waals surface area contributed by atoms with Crippen molar-refractivity contribution in [2.45, 2.75) is 20.8 Å². The Balaban J connectivity index is 3.07. The molecule has 0 amide bonds. The first-order chi connectivity index (χ1) is 6.74. The Labute approximate surface area is 85.5 Å². The molecule has 72 valence electrons. The molecule has 14 heavy (non-hydrogen) atoms. The zero-order valence-corrected chi connectivity index (χ0v) is 8.91. The molecule has 0 fully saturated rings. The first-order valence-electron chi connectivity index (χ1n) is 4.71. The van der Waals surface area contributed by atoms with Gasteiger partial charge in [-0.15, -0.1) is 5.73 Å². The molecule has 1 rings (SSSR count). The molecular formula is C13H15N. The Morgan fingerprint density at radius 2 is 2.21 bits per heavy atom. The van der Waals surface area contributed by atoms with Crippen LogP contribution >= 0.6 is 0 Å². The second kappa shape index (κ2) is 5.21. The van der Waals surface area contributed by atoms with Crippen LogP contribution in [-0.4, -0.2) is 4.98 Å². The smallest absolute Gasteiger partial charge is 0.0349 e. The third kappa shape index (κ3) is 3.04. The molecule has 0 spiro atoms. The highest BCUT2D eigenvalue weighted by Gasteiger charge is 1.92. The van der Waals surface area contributed by atoms with Crippen LogP contribution in [0.4, 0.5) is 0 Å². The Bertz CT molecular complexity index is 379. The number of allylic oxidation sites excluding steroid dienone is 3. The number of hydrogen-bond acceptors (Lipinski definition) is 1. The molecule has 1 aromatic heterocycles. The van der Waals surface area contributed by atoms with Gasteiger partial charge < -0.3 is 0 Å². The van der Waals surface area contributed by atoms with E-state index in [1.54, 1.807) is 6.20 Å². The summed E-state index contributed by atoms with van der Waals surface area (Å²) in [5, 5.41) is 0. The Kier molecular flexibility index (Phi) is 3.90. The molecule has 0 N–H and O–H groups in total. The van der Waals surface area contributed by atoms with Crippen LogP contribution < -0.4 is 0 Å². The molecule has 0 saturated heterocycles. The van der Waals surface area contributed by atoms with Crippen molar-refractivity contribution in [1.29, 1.82) is 0 Å². The zero-order chi connectivity index (χ0) is 10.4. The van der Waals surface area contributed by atoms with Crippen molar-refractivity contribution >= 4 is 5.57 Å². The standard InChI is InChI=1S/C13H15N/c1-4-6-11(2)9-12(3)13-7-5-8-14-10-13/h4-8,10H,1-3H3/b6-4+. The summed E-state index contributed by atoms with van der Waals surface area (Å²) < 4.78 is 0. The van der Waals surface area contributed by atoms with Crippen LogP contribution in [0.3, 0.4) is 0 Å². The Morgan fingerprint density at radius 3 is 2.79 bits per heavy atom. The fourth-order valence-electron chi connectivity index (χ4n) is 1.24. The zero-order valence-electron chi connectivity index (χ0n) is 8.91. The van der Waals surface area contributed by atoms with Crippen molar-refractivity contribution < 1.29 is 0 Å². The molecule has 0 aliphatic carbocycles. The largest absolute Gasteiger partial charge is 0.264 e. The van der Waals surface area contributed by atoms with Crippen molar-refractivity contribution in [3.8, 4) is 0 Å². The van der Waals surface area contributed by atoms with E-state index in [0.717, 1.165) is 16.7 Å². The lowest BCUT2D eigenvalue weighted by molar-refractivity contribution is 1.30. The lowest BCUT2D eigenvalue weighted by atomic mass is 10.1. The van der Waals surface area contributed by atoms with E-state index in [-0.39, 0.29) is 0 Å². The predicted octanol–water partition coefficient (Wildman–Crippen LogP) is 3.61. The number of rotatable bonds is 2. The van der Waals surface area contributed by atoms with Crippen molar-refractivity contribution in [3.05, 3.63) is 53.5 Å². The third-order valence-electron chi connectivity index (χ3n) is 1.90. The highest BCUT2D eigenvalue weighted by molar-refractivity contribution is 5.62. The molecule has 0 aliphatic heterocycles. The van der Waals surface area contributed by atoms with Gasteiger partial charge in [-0.25, -0.2) is 0 Å². The minimum atomic E-state index is 1.12. The van der Waals surface area contributed by atoms with Gasteiger partial charge in [-0.1, -0.05) is 18.2 Å². The molecular weight excluding hydrogens is 170 g/mol. The van der Waals surface area contributed by atoms with E-state index in [1.165, 1.54) is 0 Å². The number of pyridine rings is 1. The maximum Gasteiger partial charge on any atom is 0.0349 e. The van der Waals surface area contributed by atoms with Gasteiger partial charge in [-0.2, -0.15) is 0 Å². The molecule has 0 atom stereocenters. The first kappa shape index (κ1) is 10.5. The second-order valence-corrected chi connectivity index (χ2v) is 3.17. The molecule has 0 bridgehead atoms. The summed E-state index contributed by atoms with van der Waals surface area (Å²) >= 11 is 0. The molecule has 0 aromatic carbocycles. The maximum absolute atomic E-state index is 4.07. The minimum absolute atomic E-state index is 1.12. The summed E-state index contributed by atoms with van der Waals surface area (Å²) in [6, 6.07) is 3.98. The lowest BCUT2D eigenvalue weighted by Crippen LogP contribution is -1.79. The molecule has 0 aliphatic rings. The van der Waals surface area contributed by atoms with E-state index in [0.29, 0.717) is 0 Å². The molecule has 0 saturated carbocycles. The lowest BCUT2D eigenvalue weighted by Gasteiger charge is -1.96. The van der Waals surface area contributed by atoms with Gasteiger partial charge in [0.2, 0.25) is 0 Å². The van der Waals surface area contributed by atoms with E-state index >= 15 is 0 Å². The highest BCUT2D eigenvalue weighted by Crippen LogP contribution is 2.10. The van der Waals surface area contributed by atoms with Crippen LogP contribution in [0.5, 0.6) is 0 Å². The summed E-state index contributed by atoms with van der Waals surface area (Å²) in [6.45, 7) is 6.09. The van der Waals surface area contributed by atoms with Crippen LogP contribution in [-0.2, 0) is 0 Å². The Morgan fingerprint density at radius 1 is 1.43 bits per heavy atom. The topological polar surface area (TPSA) is 12.9 Å². The van der Waals surface area contributed by atoms with Gasteiger partial charge in [0.05, 0.1) is 0 Å². The fraction of sp³-hybridized carbons (Fsp3) is 0.231. The molecule has 1 heteroatoms. The van der Waals surface area contributed by atoms with Crippen molar-refractivity contribution in [2.75, 3.05) is 0 Å². The number of nitrogens with zero attached hydrogens (tertiary/aromatic N) is 1. The van der Waals surface area contributed by atoms with E-state index in [2.05, 4.69) is 10.7 Å². The average Bonchev–Trinajstić information content (AvgIpc) is 2.19. The summed E-state index contributed by atoms with van der Waals surface area (Å²) in [6.07, 6.45) is 7.68. The monoisotopic (exact) mass is 185 g/mol. The van der Waals surface area contributed by atoms with Crippen molar-refractivity contribution in [1.82, 2.24) is 4.98 Å². The molecule has 1 heterocycles. The second-order valence-electron chi connectivity index (χ2n) is 3.17. The van der Waals surface area contributed by atoms with Gasteiger partial charge in [-0.3, -0.25) is 4.98 Å². The van der Waals surface area contributed by atoms with E-state index in [9.17, 15) is 0 Å². The fourth-order valence-corrected chi connectivity index (χ4v) is 1.24. The maximum atomic E-state index is 4.07. The summed E-state index contributed by atoms with van der Waals surface area (Å²) in [5.74, 6) is 0. The summed E-state index contributed by atoms with van der Waals surface area (Å²) in [4.78, 5) is 4.07.